The van der Waals surface area contributed by atoms with Crippen molar-refractivity contribution in [2.45, 2.75) is 68.5 Å². The van der Waals surface area contributed by atoms with Crippen LogP contribution in [0.25, 0.3) is 66.4 Å². The normalized spacial score (nSPS) is 11.0. The number of aryl methyl sites for hydroxylation is 8. The van der Waals surface area contributed by atoms with Crippen LogP contribution in [0.3, 0.4) is 0 Å². The molecule has 260 valence electrons. The Hall–Kier alpha value is -4.24. The van der Waals surface area contributed by atoms with Gasteiger partial charge < -0.3 is 8.83 Å². The van der Waals surface area contributed by atoms with Gasteiger partial charge in [0.2, 0.25) is 0 Å². The van der Waals surface area contributed by atoms with Gasteiger partial charge in [-0.3, -0.25) is 0 Å². The third-order valence-corrected chi connectivity index (χ3v) is 9.57. The van der Waals surface area contributed by atoms with Crippen molar-refractivity contribution in [1.82, 2.24) is 0 Å². The fourth-order valence-electron chi connectivity index (χ4n) is 6.97. The van der Waals surface area contributed by atoms with Crippen LogP contribution < -0.4 is 0 Å². The molecule has 2 aromatic heterocycles. The maximum atomic E-state index is 5.82. The Morgan fingerprint density at radius 2 is 0.827 bits per heavy atom. The molecule has 0 unspecified atom stereocenters. The molecule has 0 amide bonds. The van der Waals surface area contributed by atoms with Gasteiger partial charge in [0.1, 0.15) is 0 Å². The van der Waals surface area contributed by atoms with Crippen LogP contribution in [0.15, 0.2) is 118 Å². The maximum Gasteiger partial charge on any atom is 0.0896 e. The Morgan fingerprint density at radius 3 is 1.17 bits per heavy atom. The smallest absolute Gasteiger partial charge is 0.0896 e. The molecule has 0 N–H and O–H groups in total. The molecule has 6 aromatic carbocycles. The summed E-state index contributed by atoms with van der Waals surface area (Å²) in [6, 6.07) is 39.3. The van der Waals surface area contributed by atoms with Gasteiger partial charge >= 0.3 is 41.9 Å². The number of hydrogen-bond acceptors (Lipinski definition) is 2. The molecule has 0 aliphatic heterocycles. The first kappa shape index (κ1) is 37.5. The van der Waals surface area contributed by atoms with Crippen LogP contribution in [0.5, 0.6) is 0 Å². The van der Waals surface area contributed by atoms with Crippen LogP contribution in [0.1, 0.15) is 44.9 Å². The fourth-order valence-corrected chi connectivity index (χ4v) is 6.97. The molecule has 2 heterocycles. The third kappa shape index (κ3) is 8.20. The van der Waals surface area contributed by atoms with Gasteiger partial charge in [0.05, 0.1) is 23.0 Å². The largest absolute Gasteiger partial charge is 0.496 e. The Kier molecular flexibility index (Phi) is 11.4. The first-order chi connectivity index (χ1) is 24.8. The minimum atomic E-state index is 0.210. The second kappa shape index (κ2) is 15.8. The van der Waals surface area contributed by atoms with E-state index in [2.05, 4.69) is 140 Å². The zero-order chi connectivity index (χ0) is 37.3. The summed E-state index contributed by atoms with van der Waals surface area (Å²) in [4.78, 5) is 0. The van der Waals surface area contributed by atoms with Gasteiger partial charge in [-0.25, -0.2) is 0 Å². The van der Waals surface area contributed by atoms with E-state index in [1.807, 2.05) is 38.1 Å². The van der Waals surface area contributed by atoms with Crippen molar-refractivity contribution in [3.05, 3.63) is 154 Å². The van der Waals surface area contributed by atoms with Crippen LogP contribution >= 0.6 is 0 Å². The van der Waals surface area contributed by atoms with Crippen molar-refractivity contribution in [3.63, 3.8) is 0 Å². The molecule has 2 nitrogen and oxygen atoms in total. The molecule has 0 atom stereocenters. The second-order valence-electron chi connectivity index (χ2n) is 14.5. The number of benzene rings is 4. The maximum absolute atomic E-state index is 5.82. The number of furan rings is 2. The molecule has 0 saturated heterocycles. The zero-order valence-electron chi connectivity index (χ0n) is 32.2. The van der Waals surface area contributed by atoms with Gasteiger partial charge in [0.25, 0.3) is 0 Å². The first-order valence-electron chi connectivity index (χ1n) is 18.0. The SMILES string of the molecule is C[Si](C)=[Zr+2].Cc1ccc(C)c(-c2c(C)ccc3[cH-]c(-c4ccc(C)o4)cc23)c1.Cc1ccc(C)c(-c2c(C)ccc3[cH-]c(-c4ccc(C)o4)cc23)c1. The molecule has 8 rings (SSSR count). The van der Waals surface area contributed by atoms with Crippen LogP contribution in [0, 0.1) is 55.4 Å². The minimum Gasteiger partial charge on any atom is -0.496 e. The van der Waals surface area contributed by atoms with E-state index in [4.69, 9.17) is 8.83 Å². The summed E-state index contributed by atoms with van der Waals surface area (Å²) in [5, 5.41) is 5.13. The Labute approximate surface area is 324 Å². The standard InChI is InChI=1S/2C23H21O.C2H6Si.Zr/c2*1-14-5-6-15(2)20(11-14)23-16(3)7-9-18-12-19(13-21(18)23)22-10-8-17(4)24-22;1-3-2;/h2*5-13H,1-4H3;1-2H3;/q2*-1;;+2. The van der Waals surface area contributed by atoms with E-state index in [-0.39, 0.29) is 5.43 Å². The number of hydrogen-bond donors (Lipinski definition) is 0. The van der Waals surface area contributed by atoms with Crippen LogP contribution in [0.2, 0.25) is 13.1 Å². The molecular weight excluding hydrogens is 728 g/mol. The van der Waals surface area contributed by atoms with E-state index in [1.165, 1.54) is 77.2 Å². The van der Waals surface area contributed by atoms with Gasteiger partial charge in [-0.15, -0.1) is 57.9 Å². The van der Waals surface area contributed by atoms with Crippen molar-refractivity contribution < 1.29 is 32.2 Å². The van der Waals surface area contributed by atoms with Crippen molar-refractivity contribution >= 4 is 27.0 Å². The third-order valence-electron chi connectivity index (χ3n) is 9.57. The van der Waals surface area contributed by atoms with Crippen molar-refractivity contribution in [1.29, 1.82) is 0 Å². The molecule has 0 fully saturated rings. The topological polar surface area (TPSA) is 26.3 Å². The van der Waals surface area contributed by atoms with Gasteiger partial charge in [-0.2, -0.15) is 0 Å². The summed E-state index contributed by atoms with van der Waals surface area (Å²) >= 11 is 1.74. The van der Waals surface area contributed by atoms with E-state index in [0.717, 1.165) is 34.2 Å². The summed E-state index contributed by atoms with van der Waals surface area (Å²) < 4.78 is 11.6. The van der Waals surface area contributed by atoms with Gasteiger partial charge in [-0.05, 0) is 113 Å². The zero-order valence-corrected chi connectivity index (χ0v) is 35.7. The summed E-state index contributed by atoms with van der Waals surface area (Å²) in [5.74, 6) is 3.77. The van der Waals surface area contributed by atoms with E-state index < -0.39 is 0 Å². The first-order valence-corrected chi connectivity index (χ1v) is 24.2. The van der Waals surface area contributed by atoms with Crippen LogP contribution in [0.4, 0.5) is 0 Å². The molecule has 0 aliphatic rings. The fraction of sp³-hybridized carbons (Fsp3) is 0.208. The van der Waals surface area contributed by atoms with E-state index in [1.54, 1.807) is 23.3 Å². The molecule has 0 radical (unpaired) electrons. The summed E-state index contributed by atoms with van der Waals surface area (Å²) in [7, 11) is 0. The Bertz CT molecular complexity index is 2370. The predicted molar refractivity (Wildman–Crippen MR) is 221 cm³/mol. The Balaban J connectivity index is 0.000000162. The van der Waals surface area contributed by atoms with Gasteiger partial charge in [0, 0.05) is 0 Å². The van der Waals surface area contributed by atoms with E-state index >= 15 is 0 Å². The molecule has 4 heteroatoms. The minimum absolute atomic E-state index is 0.210. The van der Waals surface area contributed by atoms with Crippen molar-refractivity contribution in [2.75, 3.05) is 0 Å². The van der Waals surface area contributed by atoms with Crippen LogP contribution in [-0.4, -0.2) is 5.43 Å². The number of fused-ring (bicyclic) bond motifs is 2. The van der Waals surface area contributed by atoms with E-state index in [0.29, 0.717) is 0 Å². The quantitative estimate of drug-likeness (QED) is 0.131. The van der Waals surface area contributed by atoms with Crippen molar-refractivity contribution in [2.24, 2.45) is 0 Å². The van der Waals surface area contributed by atoms with Gasteiger partial charge in [-0.1, -0.05) is 81.9 Å². The van der Waals surface area contributed by atoms with Crippen molar-refractivity contribution in [3.8, 4) is 44.9 Å². The predicted octanol–water partition coefficient (Wildman–Crippen LogP) is 14.2. The second-order valence-corrected chi connectivity index (χ2v) is 23.8. The molecular formula is C48H48O2SiZr. The summed E-state index contributed by atoms with van der Waals surface area (Å²) in [6.45, 7) is 21.7. The molecule has 52 heavy (non-hydrogen) atoms. The monoisotopic (exact) mass is 774 g/mol. The van der Waals surface area contributed by atoms with E-state index in [9.17, 15) is 0 Å². The average molecular weight is 776 g/mol. The molecule has 8 aromatic rings. The van der Waals surface area contributed by atoms with Crippen LogP contribution in [-0.2, 0) is 23.3 Å². The average Bonchev–Trinajstić information content (AvgIpc) is 3.90. The van der Waals surface area contributed by atoms with Gasteiger partial charge in [0.15, 0.2) is 0 Å². The molecule has 0 saturated carbocycles. The summed E-state index contributed by atoms with van der Waals surface area (Å²) in [5.41, 5.74) is 15.7. The molecule has 0 aliphatic carbocycles. The molecule has 0 bridgehead atoms. The Morgan fingerprint density at radius 1 is 0.462 bits per heavy atom. The molecule has 0 spiro atoms. The summed E-state index contributed by atoms with van der Waals surface area (Å²) in [6.07, 6.45) is 0. The number of rotatable bonds is 4.